The number of nitrogens with two attached hydrogens (primary N) is 1. The fourth-order valence-corrected chi connectivity index (χ4v) is 3.55. The first-order valence-corrected chi connectivity index (χ1v) is 10.0. The van der Waals surface area contributed by atoms with Crippen molar-refractivity contribution in [2.75, 3.05) is 39.0 Å². The summed E-state index contributed by atoms with van der Waals surface area (Å²) in [5.41, 5.74) is 9.71. The van der Waals surface area contributed by atoms with Crippen LogP contribution < -0.4 is 5.73 Å². The van der Waals surface area contributed by atoms with Crippen LogP contribution in [0.25, 0.3) is 33.9 Å². The van der Waals surface area contributed by atoms with Gasteiger partial charge in [-0.2, -0.15) is 0 Å². The molecule has 0 unspecified atom stereocenters. The summed E-state index contributed by atoms with van der Waals surface area (Å²) in [5, 5.41) is 0. The lowest BCUT2D eigenvalue weighted by Crippen LogP contribution is -2.47. The number of anilines is 1. The van der Waals surface area contributed by atoms with Gasteiger partial charge in [0.2, 0.25) is 5.89 Å². The Kier molecular flexibility index (Phi) is 5.80. The lowest BCUT2D eigenvalue weighted by atomic mass is 10.1. The molecule has 5 rings (SSSR count). The molecule has 10 heteroatoms. The zero-order valence-electron chi connectivity index (χ0n) is 17.5. The minimum atomic E-state index is 0. The number of aromatic nitrogens is 4. The van der Waals surface area contributed by atoms with Crippen molar-refractivity contribution in [1.29, 1.82) is 0 Å². The predicted octanol–water partition coefficient (Wildman–Crippen LogP) is 1.49. The van der Waals surface area contributed by atoms with Crippen molar-refractivity contribution >= 4 is 22.8 Å². The molecule has 1 saturated heterocycles. The number of rotatable bonds is 3. The minimum Gasteiger partial charge on any atom is -0.434 e. The van der Waals surface area contributed by atoms with Gasteiger partial charge in [0.25, 0.3) is 5.91 Å². The van der Waals surface area contributed by atoms with Crippen molar-refractivity contribution in [3.05, 3.63) is 54.5 Å². The molecule has 10 nitrogen and oxygen atoms in total. The first-order valence-electron chi connectivity index (χ1n) is 10.0. The van der Waals surface area contributed by atoms with Crippen LogP contribution in [0.3, 0.4) is 0 Å². The first kappa shape index (κ1) is 21.3. The smallest absolute Gasteiger partial charge is 0.253 e. The fourth-order valence-electron chi connectivity index (χ4n) is 3.55. The molecule has 4 aromatic rings. The van der Waals surface area contributed by atoms with E-state index in [2.05, 4.69) is 31.9 Å². The standard InChI is InChI=1S/C22H21N7O2.H2O/c1-28-8-10-29(11-9-28)22(30)15-4-2-14(3-5-15)16-13-25-20(23)19(26-16)21-27-17-12-24-7-6-18(17)31-21;/h2-7,12-13H,8-11H2,1H3,(H2,23,25);1H2. The molecule has 0 saturated carbocycles. The number of nitrogens with zero attached hydrogens (tertiary/aromatic N) is 6. The second kappa shape index (κ2) is 8.69. The highest BCUT2D eigenvalue weighted by Crippen LogP contribution is 2.28. The van der Waals surface area contributed by atoms with Crippen LogP contribution in [0.1, 0.15) is 10.4 Å². The van der Waals surface area contributed by atoms with Crippen molar-refractivity contribution in [3.63, 3.8) is 0 Å². The highest BCUT2D eigenvalue weighted by Gasteiger charge is 2.20. The molecule has 32 heavy (non-hydrogen) atoms. The SMILES string of the molecule is CN1CCN(C(=O)c2ccc(-c3cnc(N)c(-c4nc5cnccc5o4)n3)cc2)CC1.O. The maximum atomic E-state index is 12.8. The van der Waals surface area contributed by atoms with Gasteiger partial charge in [-0.25, -0.2) is 15.0 Å². The van der Waals surface area contributed by atoms with Crippen LogP contribution >= 0.6 is 0 Å². The van der Waals surface area contributed by atoms with E-state index < -0.39 is 0 Å². The van der Waals surface area contributed by atoms with E-state index in [0.29, 0.717) is 28.1 Å². The molecule has 0 spiro atoms. The van der Waals surface area contributed by atoms with Gasteiger partial charge in [0.05, 0.1) is 18.1 Å². The maximum absolute atomic E-state index is 12.8. The molecular formula is C22H23N7O3. The lowest BCUT2D eigenvalue weighted by molar-refractivity contribution is 0.0664. The minimum absolute atomic E-state index is 0. The van der Waals surface area contributed by atoms with E-state index in [4.69, 9.17) is 10.2 Å². The summed E-state index contributed by atoms with van der Waals surface area (Å²) >= 11 is 0. The van der Waals surface area contributed by atoms with Gasteiger partial charge in [-0.1, -0.05) is 12.1 Å². The van der Waals surface area contributed by atoms with Gasteiger partial charge >= 0.3 is 0 Å². The number of piperazine rings is 1. The van der Waals surface area contributed by atoms with Crippen LogP contribution in [0.15, 0.2) is 53.3 Å². The van der Waals surface area contributed by atoms with Gasteiger partial charge in [-0.05, 0) is 19.2 Å². The van der Waals surface area contributed by atoms with E-state index in [0.717, 1.165) is 31.7 Å². The van der Waals surface area contributed by atoms with Crippen molar-refractivity contribution in [1.82, 2.24) is 29.7 Å². The molecule has 1 aromatic carbocycles. The molecule has 3 aromatic heterocycles. The van der Waals surface area contributed by atoms with Gasteiger partial charge in [0.1, 0.15) is 5.52 Å². The number of benzene rings is 1. The summed E-state index contributed by atoms with van der Waals surface area (Å²) in [6, 6.07) is 9.10. The number of amides is 1. The summed E-state index contributed by atoms with van der Waals surface area (Å²) in [6.45, 7) is 3.26. The van der Waals surface area contributed by atoms with E-state index in [1.165, 1.54) is 0 Å². The van der Waals surface area contributed by atoms with Gasteiger partial charge in [-0.15, -0.1) is 0 Å². The number of likely N-dealkylation sites (N-methyl/N-ethyl adjacent to an activating group) is 1. The normalized spacial score (nSPS) is 14.3. The largest absolute Gasteiger partial charge is 0.434 e. The monoisotopic (exact) mass is 433 g/mol. The Balaban J connectivity index is 0.00000245. The number of pyridine rings is 1. The molecule has 0 radical (unpaired) electrons. The van der Waals surface area contributed by atoms with E-state index in [-0.39, 0.29) is 23.1 Å². The second-order valence-electron chi connectivity index (χ2n) is 7.52. The van der Waals surface area contributed by atoms with Gasteiger partial charge < -0.3 is 25.4 Å². The van der Waals surface area contributed by atoms with Crippen molar-refractivity contribution in [2.24, 2.45) is 0 Å². The second-order valence-corrected chi connectivity index (χ2v) is 7.52. The third-order valence-electron chi connectivity index (χ3n) is 5.41. The van der Waals surface area contributed by atoms with E-state index >= 15 is 0 Å². The predicted molar refractivity (Wildman–Crippen MR) is 120 cm³/mol. The van der Waals surface area contributed by atoms with Crippen LogP contribution in [0.4, 0.5) is 5.82 Å². The highest BCUT2D eigenvalue weighted by atomic mass is 16.3. The number of hydrogen-bond acceptors (Lipinski definition) is 8. The molecule has 4 heterocycles. The average molecular weight is 433 g/mol. The Hall–Kier alpha value is -3.89. The number of fused-ring (bicyclic) bond motifs is 1. The summed E-state index contributed by atoms with van der Waals surface area (Å²) in [7, 11) is 2.07. The summed E-state index contributed by atoms with van der Waals surface area (Å²) in [5.74, 6) is 0.561. The van der Waals surface area contributed by atoms with Crippen molar-refractivity contribution in [2.45, 2.75) is 0 Å². The topological polar surface area (TPSA) is 146 Å². The third kappa shape index (κ3) is 4.01. The quantitative estimate of drug-likeness (QED) is 0.511. The van der Waals surface area contributed by atoms with Crippen LogP contribution in [0, 0.1) is 0 Å². The first-order chi connectivity index (χ1) is 15.1. The Labute approximate surface area is 184 Å². The van der Waals surface area contributed by atoms with Crippen LogP contribution in [-0.2, 0) is 0 Å². The maximum Gasteiger partial charge on any atom is 0.253 e. The Bertz CT molecular complexity index is 1220. The van der Waals surface area contributed by atoms with Crippen molar-refractivity contribution in [3.8, 4) is 22.8 Å². The molecule has 1 aliphatic rings. The fraction of sp³-hybridized carbons (Fsp3) is 0.227. The lowest BCUT2D eigenvalue weighted by Gasteiger charge is -2.32. The number of nitrogen functional groups attached to an aromatic ring is 1. The molecular weight excluding hydrogens is 410 g/mol. The Morgan fingerprint density at radius 2 is 1.78 bits per heavy atom. The molecule has 4 N–H and O–H groups in total. The zero-order valence-corrected chi connectivity index (χ0v) is 17.5. The number of oxazole rings is 1. The summed E-state index contributed by atoms with van der Waals surface area (Å²) < 4.78 is 5.76. The van der Waals surface area contributed by atoms with Crippen LogP contribution in [0.2, 0.25) is 0 Å². The number of carbonyl (C=O) groups is 1. The van der Waals surface area contributed by atoms with Crippen LogP contribution in [-0.4, -0.2) is 74.3 Å². The molecule has 1 fully saturated rings. The number of carbonyl (C=O) groups excluding carboxylic acids is 1. The average Bonchev–Trinajstić information content (AvgIpc) is 3.24. The van der Waals surface area contributed by atoms with Crippen molar-refractivity contribution < 1.29 is 14.7 Å². The summed E-state index contributed by atoms with van der Waals surface area (Å²) in [6.07, 6.45) is 4.85. The van der Waals surface area contributed by atoms with Crippen LogP contribution in [0.5, 0.6) is 0 Å². The van der Waals surface area contributed by atoms with Gasteiger partial charge in [0, 0.05) is 49.6 Å². The van der Waals surface area contributed by atoms with Gasteiger partial charge in [0.15, 0.2) is 17.1 Å². The highest BCUT2D eigenvalue weighted by molar-refractivity contribution is 5.94. The number of hydrogen-bond donors (Lipinski definition) is 1. The molecule has 0 bridgehead atoms. The molecule has 0 atom stereocenters. The zero-order chi connectivity index (χ0) is 21.4. The summed E-state index contributed by atoms with van der Waals surface area (Å²) in [4.78, 5) is 34.2. The van der Waals surface area contributed by atoms with E-state index in [9.17, 15) is 4.79 Å². The molecule has 164 valence electrons. The molecule has 1 aliphatic heterocycles. The Morgan fingerprint density at radius 1 is 1.03 bits per heavy atom. The Morgan fingerprint density at radius 3 is 2.50 bits per heavy atom. The molecule has 0 aliphatic carbocycles. The van der Waals surface area contributed by atoms with E-state index in [1.807, 2.05) is 29.2 Å². The van der Waals surface area contributed by atoms with Gasteiger partial charge in [-0.3, -0.25) is 9.78 Å². The molecule has 1 amide bonds. The van der Waals surface area contributed by atoms with E-state index in [1.54, 1.807) is 24.7 Å². The third-order valence-corrected chi connectivity index (χ3v) is 5.41.